The number of carbonyl (C=O) groups excluding carboxylic acids is 1. The molecule has 0 N–H and O–H groups in total. The second-order valence-electron chi connectivity index (χ2n) is 5.61. The highest BCUT2D eigenvalue weighted by Crippen LogP contribution is 2.36. The lowest BCUT2D eigenvalue weighted by Gasteiger charge is -2.23. The van der Waals surface area contributed by atoms with Crippen LogP contribution < -0.4 is 0 Å². The van der Waals surface area contributed by atoms with Gasteiger partial charge in [-0.25, -0.2) is 0 Å². The van der Waals surface area contributed by atoms with Gasteiger partial charge in [0.25, 0.3) is 0 Å². The number of hydrogen-bond donors (Lipinski definition) is 0. The van der Waals surface area contributed by atoms with Crippen LogP contribution in [-0.2, 0) is 16.0 Å². The average Bonchev–Trinajstić information content (AvgIpc) is 2.48. The molecule has 1 atom stereocenters. The van der Waals surface area contributed by atoms with Crippen molar-refractivity contribution in [1.82, 2.24) is 0 Å². The van der Waals surface area contributed by atoms with Crippen molar-refractivity contribution in [2.24, 2.45) is 0 Å². The molecule has 1 aliphatic rings. The molecule has 0 heterocycles. The Bertz CT molecular complexity index is 484. The maximum absolute atomic E-state index is 11.7. The molecule has 0 aromatic heterocycles. The number of benzene rings is 1. The highest BCUT2D eigenvalue weighted by atomic mass is 127. The van der Waals surface area contributed by atoms with Crippen LogP contribution in [0.4, 0.5) is 0 Å². The van der Waals surface area contributed by atoms with E-state index in [9.17, 15) is 4.79 Å². The highest BCUT2D eigenvalue weighted by molar-refractivity contribution is 14.1. The van der Waals surface area contributed by atoms with Crippen molar-refractivity contribution in [1.29, 1.82) is 0 Å². The summed E-state index contributed by atoms with van der Waals surface area (Å²) in [5.74, 6) is 0.464. The minimum absolute atomic E-state index is 0.148. The first kappa shape index (κ1) is 17.1. The molecule has 1 aromatic rings. The van der Waals surface area contributed by atoms with E-state index < -0.39 is 0 Å². The van der Waals surface area contributed by atoms with E-state index in [4.69, 9.17) is 16.3 Å². The molecular formula is C17H22ClIO2. The Morgan fingerprint density at radius 1 is 1.38 bits per heavy atom. The van der Waals surface area contributed by atoms with Crippen molar-refractivity contribution in [2.75, 3.05) is 6.61 Å². The van der Waals surface area contributed by atoms with E-state index in [1.165, 1.54) is 37.7 Å². The third kappa shape index (κ3) is 4.85. The van der Waals surface area contributed by atoms with E-state index in [0.29, 0.717) is 18.9 Å². The van der Waals surface area contributed by atoms with Crippen LogP contribution in [0, 0.1) is 0 Å². The molecule has 1 unspecified atom stereocenters. The molecule has 1 aromatic carbocycles. The number of halogens is 2. The van der Waals surface area contributed by atoms with Crippen LogP contribution in [0.25, 0.3) is 0 Å². The molecule has 0 radical (unpaired) electrons. The summed E-state index contributed by atoms with van der Waals surface area (Å²) < 4.78 is 4.89. The first-order valence-electron chi connectivity index (χ1n) is 7.70. The minimum Gasteiger partial charge on any atom is -0.465 e. The van der Waals surface area contributed by atoms with Gasteiger partial charge in [0, 0.05) is 5.02 Å². The Kier molecular flexibility index (Phi) is 6.80. The minimum atomic E-state index is -0.154. The largest absolute Gasteiger partial charge is 0.465 e. The van der Waals surface area contributed by atoms with Crippen LogP contribution in [0.15, 0.2) is 18.2 Å². The molecular weight excluding hydrogens is 399 g/mol. The first-order valence-corrected chi connectivity index (χ1v) is 9.33. The van der Waals surface area contributed by atoms with Gasteiger partial charge in [0.15, 0.2) is 0 Å². The molecule has 0 spiro atoms. The zero-order valence-corrected chi connectivity index (χ0v) is 15.3. The summed E-state index contributed by atoms with van der Waals surface area (Å²) in [5, 5.41) is 0.854. The molecule has 2 nitrogen and oxygen atoms in total. The molecule has 0 amide bonds. The van der Waals surface area contributed by atoms with Gasteiger partial charge in [0.1, 0.15) is 3.92 Å². The van der Waals surface area contributed by atoms with E-state index in [0.717, 1.165) is 10.6 Å². The van der Waals surface area contributed by atoms with Gasteiger partial charge in [-0.2, -0.15) is 0 Å². The smallest absolute Gasteiger partial charge is 0.319 e. The summed E-state index contributed by atoms with van der Waals surface area (Å²) >= 11 is 8.61. The topological polar surface area (TPSA) is 26.3 Å². The fourth-order valence-corrected chi connectivity index (χ4v) is 4.01. The van der Waals surface area contributed by atoms with Gasteiger partial charge in [0.05, 0.1) is 6.61 Å². The van der Waals surface area contributed by atoms with Gasteiger partial charge in [-0.3, -0.25) is 4.79 Å². The Hall–Kier alpha value is -0.290. The van der Waals surface area contributed by atoms with Gasteiger partial charge in [-0.1, -0.05) is 65.6 Å². The molecule has 0 saturated heterocycles. The van der Waals surface area contributed by atoms with Crippen molar-refractivity contribution in [3.8, 4) is 0 Å². The number of rotatable bonds is 5. The Labute approximate surface area is 145 Å². The molecule has 0 aliphatic heterocycles. The van der Waals surface area contributed by atoms with E-state index >= 15 is 0 Å². The first-order chi connectivity index (χ1) is 10.1. The molecule has 116 valence electrons. The molecule has 21 heavy (non-hydrogen) atoms. The predicted octanol–water partition coefficient (Wildman–Crippen LogP) is 5.30. The van der Waals surface area contributed by atoms with Crippen molar-refractivity contribution in [3.05, 3.63) is 34.3 Å². The zero-order valence-electron chi connectivity index (χ0n) is 12.4. The van der Waals surface area contributed by atoms with Crippen molar-refractivity contribution in [3.63, 3.8) is 0 Å². The summed E-state index contributed by atoms with van der Waals surface area (Å²) in [6.07, 6.45) is 7.13. The molecule has 1 saturated carbocycles. The summed E-state index contributed by atoms with van der Waals surface area (Å²) in [6.45, 7) is 2.26. The van der Waals surface area contributed by atoms with Crippen molar-refractivity contribution in [2.45, 2.75) is 55.3 Å². The summed E-state index contributed by atoms with van der Waals surface area (Å²) in [7, 11) is 0. The lowest BCUT2D eigenvalue weighted by molar-refractivity contribution is -0.141. The fourth-order valence-electron chi connectivity index (χ4n) is 2.97. The normalized spacial score (nSPS) is 17.5. The Balaban J connectivity index is 2.03. The van der Waals surface area contributed by atoms with E-state index in [2.05, 4.69) is 34.7 Å². The number of esters is 1. The van der Waals surface area contributed by atoms with E-state index in [1.54, 1.807) is 0 Å². The zero-order chi connectivity index (χ0) is 15.2. The monoisotopic (exact) mass is 420 g/mol. The van der Waals surface area contributed by atoms with Gasteiger partial charge in [-0.05, 0) is 49.3 Å². The van der Waals surface area contributed by atoms with Gasteiger partial charge in [-0.15, -0.1) is 0 Å². The lowest BCUT2D eigenvalue weighted by atomic mass is 9.84. The molecule has 1 aliphatic carbocycles. The van der Waals surface area contributed by atoms with Gasteiger partial charge < -0.3 is 4.74 Å². The SMILES string of the molecule is CCOC(=O)C(I)Cc1ccc(C2CCCCC2)c(Cl)c1. The average molecular weight is 421 g/mol. The quantitative estimate of drug-likeness (QED) is 0.367. The summed E-state index contributed by atoms with van der Waals surface area (Å²) in [4.78, 5) is 11.7. The van der Waals surface area contributed by atoms with Crippen LogP contribution in [-0.4, -0.2) is 16.5 Å². The van der Waals surface area contributed by atoms with Crippen molar-refractivity contribution >= 4 is 40.2 Å². The Morgan fingerprint density at radius 2 is 2.10 bits per heavy atom. The third-order valence-electron chi connectivity index (χ3n) is 4.07. The molecule has 2 rings (SSSR count). The van der Waals surface area contributed by atoms with Crippen LogP contribution in [0.5, 0.6) is 0 Å². The summed E-state index contributed by atoms with van der Waals surface area (Å²) in [6, 6.07) is 6.29. The lowest BCUT2D eigenvalue weighted by Crippen LogP contribution is -2.19. The van der Waals surface area contributed by atoms with Crippen LogP contribution >= 0.6 is 34.2 Å². The standard InChI is InChI=1S/C17H22ClIO2/c1-2-21-17(20)16(19)11-12-8-9-14(15(18)10-12)13-6-4-3-5-7-13/h8-10,13,16H,2-7,11H2,1H3. The second kappa shape index (κ2) is 8.37. The highest BCUT2D eigenvalue weighted by Gasteiger charge is 2.20. The molecule has 4 heteroatoms. The Morgan fingerprint density at radius 3 is 2.71 bits per heavy atom. The summed E-state index contributed by atoms with van der Waals surface area (Å²) in [5.41, 5.74) is 2.38. The fraction of sp³-hybridized carbons (Fsp3) is 0.588. The number of alkyl halides is 1. The van der Waals surface area contributed by atoms with Crippen LogP contribution in [0.3, 0.4) is 0 Å². The van der Waals surface area contributed by atoms with Crippen molar-refractivity contribution < 1.29 is 9.53 Å². The van der Waals surface area contributed by atoms with Crippen LogP contribution in [0.1, 0.15) is 56.1 Å². The van der Waals surface area contributed by atoms with Crippen LogP contribution in [0.2, 0.25) is 5.02 Å². The number of hydrogen-bond acceptors (Lipinski definition) is 2. The van der Waals surface area contributed by atoms with Gasteiger partial charge in [0.2, 0.25) is 0 Å². The molecule has 0 bridgehead atoms. The molecule has 1 fully saturated rings. The maximum atomic E-state index is 11.7. The third-order valence-corrected chi connectivity index (χ3v) is 5.34. The maximum Gasteiger partial charge on any atom is 0.319 e. The second-order valence-corrected chi connectivity index (χ2v) is 7.53. The van der Waals surface area contributed by atoms with E-state index in [-0.39, 0.29) is 9.89 Å². The number of ether oxygens (including phenoxy) is 1. The predicted molar refractivity (Wildman–Crippen MR) is 95.4 cm³/mol. The van der Waals surface area contributed by atoms with E-state index in [1.807, 2.05) is 13.0 Å². The van der Waals surface area contributed by atoms with Gasteiger partial charge >= 0.3 is 5.97 Å². The number of carbonyl (C=O) groups is 1.